The van der Waals surface area contributed by atoms with Crippen LogP contribution in [0.4, 0.5) is 4.39 Å². The average Bonchev–Trinajstić information content (AvgIpc) is 2.57. The Hall–Kier alpha value is -0.560. The lowest BCUT2D eigenvalue weighted by atomic mass is 10.1. The Balaban J connectivity index is 2.47. The molecule has 1 aromatic heterocycles. The predicted molar refractivity (Wildman–Crippen MR) is 62.8 cm³/mol. The lowest BCUT2D eigenvalue weighted by Crippen LogP contribution is -1.83. The van der Waals surface area contributed by atoms with Gasteiger partial charge in [0.15, 0.2) is 0 Å². The number of aryl methyl sites for hydroxylation is 1. The second-order valence-corrected chi connectivity index (χ2v) is 4.55. The van der Waals surface area contributed by atoms with Crippen LogP contribution in [0.3, 0.4) is 0 Å². The third kappa shape index (κ3) is 1.93. The first-order valence-corrected chi connectivity index (χ1v) is 5.78. The van der Waals surface area contributed by atoms with E-state index in [0.717, 1.165) is 14.4 Å². The average molecular weight is 320 g/mol. The van der Waals surface area contributed by atoms with E-state index in [2.05, 4.69) is 31.9 Å². The van der Waals surface area contributed by atoms with Gasteiger partial charge in [0.25, 0.3) is 0 Å². The highest BCUT2D eigenvalue weighted by Gasteiger charge is 2.06. The SMILES string of the molecule is Cc1cc(-c2nc(I)ns2)ccc1F. The normalized spacial score (nSPS) is 10.5. The van der Waals surface area contributed by atoms with E-state index in [4.69, 9.17) is 0 Å². The van der Waals surface area contributed by atoms with Crippen molar-refractivity contribution < 1.29 is 4.39 Å². The topological polar surface area (TPSA) is 25.8 Å². The molecule has 2 rings (SSSR count). The molecule has 2 nitrogen and oxygen atoms in total. The summed E-state index contributed by atoms with van der Waals surface area (Å²) < 4.78 is 17.8. The zero-order valence-corrected chi connectivity index (χ0v) is 10.3. The van der Waals surface area contributed by atoms with Gasteiger partial charge >= 0.3 is 0 Å². The lowest BCUT2D eigenvalue weighted by Gasteiger charge is -1.98. The Kier molecular flexibility index (Phi) is 2.78. The van der Waals surface area contributed by atoms with Crippen LogP contribution in [-0.4, -0.2) is 9.36 Å². The number of hydrogen-bond acceptors (Lipinski definition) is 3. The van der Waals surface area contributed by atoms with Crippen molar-refractivity contribution in [2.24, 2.45) is 0 Å². The first-order chi connectivity index (χ1) is 6.66. The fourth-order valence-electron chi connectivity index (χ4n) is 1.10. The first kappa shape index (κ1) is 9.97. The summed E-state index contributed by atoms with van der Waals surface area (Å²) in [6.07, 6.45) is 0. The third-order valence-corrected chi connectivity index (χ3v) is 3.38. The number of rotatable bonds is 1. The maximum atomic E-state index is 13.0. The Bertz CT molecular complexity index is 470. The number of nitrogens with zero attached hydrogens (tertiary/aromatic N) is 2. The van der Waals surface area contributed by atoms with Crippen LogP contribution in [0.25, 0.3) is 10.6 Å². The maximum absolute atomic E-state index is 13.0. The summed E-state index contributed by atoms with van der Waals surface area (Å²) in [5.41, 5.74) is 1.55. The van der Waals surface area contributed by atoms with E-state index in [1.807, 2.05) is 0 Å². The van der Waals surface area contributed by atoms with Gasteiger partial charge in [-0.3, -0.25) is 0 Å². The standard InChI is InChI=1S/C9H6FIN2S/c1-5-4-6(2-3-7(5)10)8-12-9(11)13-14-8/h2-4H,1H3. The zero-order valence-electron chi connectivity index (χ0n) is 7.29. The number of aromatic nitrogens is 2. The van der Waals surface area contributed by atoms with Gasteiger partial charge in [0.05, 0.1) is 0 Å². The summed E-state index contributed by atoms with van der Waals surface area (Å²) in [7, 11) is 0. The molecular formula is C9H6FIN2S. The molecule has 0 saturated heterocycles. The van der Waals surface area contributed by atoms with Crippen molar-refractivity contribution in [2.75, 3.05) is 0 Å². The minimum atomic E-state index is -0.187. The van der Waals surface area contributed by atoms with Crippen LogP contribution in [0.2, 0.25) is 0 Å². The molecule has 0 aliphatic heterocycles. The lowest BCUT2D eigenvalue weighted by molar-refractivity contribution is 0.619. The highest BCUT2D eigenvalue weighted by atomic mass is 127. The molecule has 0 N–H and O–H groups in total. The van der Waals surface area contributed by atoms with E-state index in [0.29, 0.717) is 5.56 Å². The second-order valence-electron chi connectivity index (χ2n) is 2.83. The van der Waals surface area contributed by atoms with E-state index < -0.39 is 0 Å². The van der Waals surface area contributed by atoms with Gasteiger partial charge in [-0.25, -0.2) is 9.37 Å². The van der Waals surface area contributed by atoms with E-state index in [-0.39, 0.29) is 5.82 Å². The van der Waals surface area contributed by atoms with Crippen molar-refractivity contribution in [3.8, 4) is 10.6 Å². The highest BCUT2D eigenvalue weighted by molar-refractivity contribution is 14.1. The summed E-state index contributed by atoms with van der Waals surface area (Å²) in [4.78, 5) is 4.22. The predicted octanol–water partition coefficient (Wildman–Crippen LogP) is 3.26. The van der Waals surface area contributed by atoms with Crippen molar-refractivity contribution in [3.63, 3.8) is 0 Å². The largest absolute Gasteiger partial charge is 0.210 e. The van der Waals surface area contributed by atoms with Crippen molar-refractivity contribution >= 4 is 34.1 Å². The molecular weight excluding hydrogens is 314 g/mol. The van der Waals surface area contributed by atoms with Gasteiger partial charge in [0.2, 0.25) is 3.83 Å². The van der Waals surface area contributed by atoms with E-state index >= 15 is 0 Å². The van der Waals surface area contributed by atoms with Crippen LogP contribution in [0, 0.1) is 16.6 Å². The van der Waals surface area contributed by atoms with Crippen LogP contribution in [0.5, 0.6) is 0 Å². The number of halogens is 2. The van der Waals surface area contributed by atoms with Gasteiger partial charge in [-0.2, -0.15) is 4.37 Å². The second kappa shape index (κ2) is 3.90. The quantitative estimate of drug-likeness (QED) is 0.754. The Morgan fingerprint density at radius 2 is 2.21 bits per heavy atom. The van der Waals surface area contributed by atoms with Crippen LogP contribution in [0.15, 0.2) is 18.2 Å². The fourth-order valence-corrected chi connectivity index (χ4v) is 2.36. The molecule has 0 amide bonds. The van der Waals surface area contributed by atoms with Crippen molar-refractivity contribution in [1.29, 1.82) is 0 Å². The van der Waals surface area contributed by atoms with Gasteiger partial charge in [-0.05, 0) is 42.2 Å². The molecule has 1 heterocycles. The molecule has 0 fully saturated rings. The fraction of sp³-hybridized carbons (Fsp3) is 0.111. The molecule has 14 heavy (non-hydrogen) atoms. The molecule has 0 radical (unpaired) electrons. The van der Waals surface area contributed by atoms with Crippen LogP contribution >= 0.6 is 34.1 Å². The molecule has 0 atom stereocenters. The van der Waals surface area contributed by atoms with Crippen LogP contribution < -0.4 is 0 Å². The first-order valence-electron chi connectivity index (χ1n) is 3.92. The zero-order chi connectivity index (χ0) is 10.1. The maximum Gasteiger partial charge on any atom is 0.203 e. The van der Waals surface area contributed by atoms with Gasteiger partial charge < -0.3 is 0 Å². The van der Waals surface area contributed by atoms with Crippen LogP contribution in [0.1, 0.15) is 5.56 Å². The number of hydrogen-bond donors (Lipinski definition) is 0. The third-order valence-electron chi connectivity index (χ3n) is 1.81. The van der Waals surface area contributed by atoms with Gasteiger partial charge in [0, 0.05) is 28.2 Å². The molecule has 0 bridgehead atoms. The summed E-state index contributed by atoms with van der Waals surface area (Å²) in [5.74, 6) is -0.187. The highest BCUT2D eigenvalue weighted by Crippen LogP contribution is 2.23. The molecule has 0 spiro atoms. The molecule has 1 aromatic carbocycles. The van der Waals surface area contributed by atoms with Crippen molar-refractivity contribution in [2.45, 2.75) is 6.92 Å². The number of benzene rings is 1. The van der Waals surface area contributed by atoms with Gasteiger partial charge in [-0.1, -0.05) is 0 Å². The Labute approximate surface area is 98.5 Å². The summed E-state index contributed by atoms with van der Waals surface area (Å²) in [6, 6.07) is 4.96. The Morgan fingerprint density at radius 3 is 2.79 bits per heavy atom. The Morgan fingerprint density at radius 1 is 1.43 bits per heavy atom. The minimum Gasteiger partial charge on any atom is -0.210 e. The molecule has 0 saturated carbocycles. The molecule has 0 aliphatic carbocycles. The summed E-state index contributed by atoms with van der Waals surface area (Å²) in [6.45, 7) is 1.74. The van der Waals surface area contributed by atoms with Gasteiger partial charge in [0.1, 0.15) is 10.8 Å². The van der Waals surface area contributed by atoms with E-state index in [9.17, 15) is 4.39 Å². The molecule has 2 aromatic rings. The smallest absolute Gasteiger partial charge is 0.203 e. The molecule has 0 unspecified atom stereocenters. The van der Waals surface area contributed by atoms with E-state index in [1.165, 1.54) is 17.6 Å². The van der Waals surface area contributed by atoms with Crippen molar-refractivity contribution in [3.05, 3.63) is 33.4 Å². The van der Waals surface area contributed by atoms with Crippen LogP contribution in [-0.2, 0) is 0 Å². The minimum absolute atomic E-state index is 0.187. The van der Waals surface area contributed by atoms with Gasteiger partial charge in [-0.15, -0.1) is 0 Å². The molecule has 5 heteroatoms. The monoisotopic (exact) mass is 320 g/mol. The van der Waals surface area contributed by atoms with E-state index in [1.54, 1.807) is 19.1 Å². The summed E-state index contributed by atoms with van der Waals surface area (Å²) in [5, 5.41) is 0.831. The molecule has 72 valence electrons. The molecule has 0 aliphatic rings. The van der Waals surface area contributed by atoms with Crippen molar-refractivity contribution in [1.82, 2.24) is 9.36 Å². The summed E-state index contributed by atoms with van der Waals surface area (Å²) >= 11 is 3.38.